The van der Waals surface area contributed by atoms with Crippen molar-refractivity contribution in [3.05, 3.63) is 99.7 Å². The predicted octanol–water partition coefficient (Wildman–Crippen LogP) is 4.04. The van der Waals surface area contributed by atoms with Gasteiger partial charge < -0.3 is 9.88 Å². The van der Waals surface area contributed by atoms with Crippen LogP contribution in [0.2, 0.25) is 0 Å². The summed E-state index contributed by atoms with van der Waals surface area (Å²) in [6, 6.07) is 20.8. The van der Waals surface area contributed by atoms with Crippen molar-refractivity contribution in [3.8, 4) is 0 Å². The fourth-order valence-electron chi connectivity index (χ4n) is 5.06. The third-order valence-corrected chi connectivity index (χ3v) is 6.65. The fourth-order valence-corrected chi connectivity index (χ4v) is 5.06. The molecular formula is C26H32Cl2N4O. The Morgan fingerprint density at radius 2 is 1.79 bits per heavy atom. The first-order valence-electron chi connectivity index (χ1n) is 11.4. The fraction of sp³-hybridized carbons (Fsp3) is 0.385. The first-order chi connectivity index (χ1) is 15.3. The number of benzene rings is 1. The first-order valence-corrected chi connectivity index (χ1v) is 11.4. The number of fused-ring (bicyclic) bond motifs is 4. The summed E-state index contributed by atoms with van der Waals surface area (Å²) in [6.45, 7) is 5.13. The number of halogens is 2. The van der Waals surface area contributed by atoms with Gasteiger partial charge in [-0.05, 0) is 49.1 Å². The van der Waals surface area contributed by atoms with E-state index in [9.17, 15) is 4.79 Å². The Kier molecular flexibility index (Phi) is 9.10. The van der Waals surface area contributed by atoms with Crippen LogP contribution in [0.3, 0.4) is 0 Å². The van der Waals surface area contributed by atoms with Crippen LogP contribution in [-0.2, 0) is 26.1 Å². The second-order valence-corrected chi connectivity index (χ2v) is 8.92. The van der Waals surface area contributed by atoms with E-state index in [0.717, 1.165) is 50.4 Å². The normalized spacial score (nSPS) is 18.7. The van der Waals surface area contributed by atoms with Crippen LogP contribution < -0.4 is 10.9 Å². The van der Waals surface area contributed by atoms with E-state index in [2.05, 4.69) is 62.2 Å². The molecule has 2 atom stereocenters. The maximum Gasteiger partial charge on any atom is 0.255 e. The van der Waals surface area contributed by atoms with Gasteiger partial charge in [-0.3, -0.25) is 14.7 Å². The van der Waals surface area contributed by atoms with Gasteiger partial charge in [0.25, 0.3) is 5.56 Å². The highest BCUT2D eigenvalue weighted by atomic mass is 35.5. The number of piperidine rings is 1. The number of nitrogens with one attached hydrogen (secondary N) is 1. The van der Waals surface area contributed by atoms with Gasteiger partial charge in [-0.2, -0.15) is 0 Å². The average Bonchev–Trinajstić information content (AvgIpc) is 2.81. The topological polar surface area (TPSA) is 50.2 Å². The van der Waals surface area contributed by atoms with Crippen LogP contribution in [0.1, 0.15) is 34.9 Å². The van der Waals surface area contributed by atoms with Crippen molar-refractivity contribution in [3.63, 3.8) is 0 Å². The Balaban J connectivity index is 0.00000153. The molecule has 2 aliphatic rings. The molecule has 1 saturated heterocycles. The maximum absolute atomic E-state index is 13.4. The largest absolute Gasteiger partial charge is 0.316 e. The molecule has 2 aliphatic heterocycles. The van der Waals surface area contributed by atoms with Crippen molar-refractivity contribution < 1.29 is 0 Å². The molecule has 5 nitrogen and oxygen atoms in total. The van der Waals surface area contributed by atoms with Crippen LogP contribution in [0.25, 0.3) is 0 Å². The smallest absolute Gasteiger partial charge is 0.255 e. The zero-order valence-corrected chi connectivity index (χ0v) is 20.4. The predicted molar refractivity (Wildman–Crippen MR) is 137 cm³/mol. The molecule has 0 radical (unpaired) electrons. The van der Waals surface area contributed by atoms with Gasteiger partial charge in [0.1, 0.15) is 0 Å². The van der Waals surface area contributed by atoms with Crippen LogP contribution in [-0.4, -0.2) is 34.1 Å². The molecule has 0 amide bonds. The summed E-state index contributed by atoms with van der Waals surface area (Å²) in [7, 11) is 0. The number of rotatable bonds is 7. The number of hydrogen-bond donors (Lipinski definition) is 1. The SMILES string of the molecule is Cl.Cl.O=c1c(CN(CCc2ccccc2)Cc2ccccn2)ccc2n1C[C@@H]1CNC[C@H]2C1. The number of aromatic nitrogens is 2. The van der Waals surface area contributed by atoms with E-state index in [1.165, 1.54) is 17.7 Å². The Labute approximate surface area is 208 Å². The summed E-state index contributed by atoms with van der Waals surface area (Å²) in [6.07, 6.45) is 4.00. The second kappa shape index (κ2) is 11.8. The van der Waals surface area contributed by atoms with E-state index in [1.54, 1.807) is 0 Å². The molecule has 0 saturated carbocycles. The molecule has 1 N–H and O–H groups in total. The van der Waals surface area contributed by atoms with Gasteiger partial charge >= 0.3 is 0 Å². The first kappa shape index (κ1) is 25.4. The lowest BCUT2D eigenvalue weighted by Gasteiger charge is -2.37. The number of nitrogens with zero attached hydrogens (tertiary/aromatic N) is 3. The van der Waals surface area contributed by atoms with Gasteiger partial charge in [-0.15, -0.1) is 24.8 Å². The van der Waals surface area contributed by atoms with Gasteiger partial charge in [0.05, 0.1) is 5.69 Å². The molecule has 2 bridgehead atoms. The minimum absolute atomic E-state index is 0. The molecule has 0 unspecified atom stereocenters. The van der Waals surface area contributed by atoms with Crippen molar-refractivity contribution in [1.29, 1.82) is 0 Å². The van der Waals surface area contributed by atoms with Crippen LogP contribution in [0, 0.1) is 5.92 Å². The molecular weight excluding hydrogens is 455 g/mol. The summed E-state index contributed by atoms with van der Waals surface area (Å²) in [4.78, 5) is 20.3. The Morgan fingerprint density at radius 3 is 2.58 bits per heavy atom. The molecule has 4 heterocycles. The maximum atomic E-state index is 13.4. The Bertz CT molecular complexity index is 1070. The third kappa shape index (κ3) is 6.04. The molecule has 176 valence electrons. The van der Waals surface area contributed by atoms with E-state index in [0.29, 0.717) is 18.4 Å². The second-order valence-electron chi connectivity index (χ2n) is 8.92. The van der Waals surface area contributed by atoms with E-state index < -0.39 is 0 Å². The lowest BCUT2D eigenvalue weighted by atomic mass is 9.84. The van der Waals surface area contributed by atoms with Crippen molar-refractivity contribution in [2.45, 2.75) is 38.4 Å². The van der Waals surface area contributed by atoms with Gasteiger partial charge in [0, 0.05) is 56.1 Å². The van der Waals surface area contributed by atoms with Crippen LogP contribution in [0.15, 0.2) is 71.7 Å². The molecule has 7 heteroatoms. The quantitative estimate of drug-likeness (QED) is 0.547. The van der Waals surface area contributed by atoms with Crippen molar-refractivity contribution in [1.82, 2.24) is 19.8 Å². The summed E-state index contributed by atoms with van der Waals surface area (Å²) in [5.41, 5.74) is 4.64. The Morgan fingerprint density at radius 1 is 0.970 bits per heavy atom. The molecule has 1 aromatic carbocycles. The molecule has 0 aliphatic carbocycles. The van der Waals surface area contributed by atoms with Gasteiger partial charge in [-0.25, -0.2) is 0 Å². The zero-order valence-electron chi connectivity index (χ0n) is 18.7. The van der Waals surface area contributed by atoms with Gasteiger partial charge in [0.15, 0.2) is 0 Å². The highest BCUT2D eigenvalue weighted by Gasteiger charge is 2.31. The van der Waals surface area contributed by atoms with Crippen LogP contribution in [0.5, 0.6) is 0 Å². The zero-order chi connectivity index (χ0) is 21.0. The minimum atomic E-state index is 0. The standard InChI is InChI=1S/C26H30N4O.2ClH/c31-26-22(9-10-25-23-14-21(15-27-16-23)17-30(25)26)18-29(19-24-8-4-5-12-28-24)13-11-20-6-2-1-3-7-20;;/h1-10,12,21,23,27H,11,13-19H2;2*1H/t21-,23+;;/m0../s1. The molecule has 5 rings (SSSR count). The van der Waals surface area contributed by atoms with Crippen molar-refractivity contribution in [2.75, 3.05) is 19.6 Å². The monoisotopic (exact) mass is 486 g/mol. The van der Waals surface area contributed by atoms with E-state index in [-0.39, 0.29) is 30.4 Å². The lowest BCUT2D eigenvalue weighted by molar-refractivity contribution is 0.245. The summed E-state index contributed by atoms with van der Waals surface area (Å²) < 4.78 is 2.06. The third-order valence-electron chi connectivity index (χ3n) is 6.65. The lowest BCUT2D eigenvalue weighted by Crippen LogP contribution is -2.45. The summed E-state index contributed by atoms with van der Waals surface area (Å²) in [5, 5.41) is 3.52. The van der Waals surface area contributed by atoms with Gasteiger partial charge in [0.2, 0.25) is 0 Å². The number of hydrogen-bond acceptors (Lipinski definition) is 4. The highest BCUT2D eigenvalue weighted by molar-refractivity contribution is 5.85. The van der Waals surface area contributed by atoms with Crippen molar-refractivity contribution in [2.24, 2.45) is 5.92 Å². The minimum Gasteiger partial charge on any atom is -0.316 e. The summed E-state index contributed by atoms with van der Waals surface area (Å²) >= 11 is 0. The van der Waals surface area contributed by atoms with Crippen molar-refractivity contribution >= 4 is 24.8 Å². The molecule has 2 aromatic heterocycles. The Hall–Kier alpha value is -2.18. The van der Waals surface area contributed by atoms with Gasteiger partial charge in [-0.1, -0.05) is 42.5 Å². The highest BCUT2D eigenvalue weighted by Crippen LogP contribution is 2.31. The average molecular weight is 487 g/mol. The van der Waals surface area contributed by atoms with Crippen LogP contribution in [0.4, 0.5) is 0 Å². The summed E-state index contributed by atoms with van der Waals surface area (Å²) in [5.74, 6) is 1.04. The number of pyridine rings is 2. The van der Waals surface area contributed by atoms with E-state index >= 15 is 0 Å². The van der Waals surface area contributed by atoms with Crippen LogP contribution >= 0.6 is 24.8 Å². The molecule has 0 spiro atoms. The van der Waals surface area contributed by atoms with E-state index in [4.69, 9.17) is 0 Å². The molecule has 33 heavy (non-hydrogen) atoms. The molecule has 1 fully saturated rings. The molecule has 3 aromatic rings. The van der Waals surface area contributed by atoms with E-state index in [1.807, 2.05) is 24.4 Å².